The van der Waals surface area contributed by atoms with Crippen LogP contribution < -0.4 is 5.32 Å². The van der Waals surface area contributed by atoms with Crippen LogP contribution in [-0.4, -0.2) is 11.8 Å². The van der Waals surface area contributed by atoms with Gasteiger partial charge in [-0.3, -0.25) is 4.79 Å². The molecule has 2 rings (SSSR count). The first-order chi connectivity index (χ1) is 8.61. The third-order valence-electron chi connectivity index (χ3n) is 3.75. The average Bonchev–Trinajstić information content (AvgIpc) is 2.75. The summed E-state index contributed by atoms with van der Waals surface area (Å²) < 4.78 is 0. The van der Waals surface area contributed by atoms with E-state index in [0.717, 1.165) is 12.1 Å². The largest absolute Gasteiger partial charge is 0.381 e. The number of rotatable bonds is 3. The van der Waals surface area contributed by atoms with Crippen molar-refractivity contribution in [1.29, 1.82) is 5.26 Å². The molecule has 1 aromatic rings. The lowest BCUT2D eigenvalue weighted by molar-refractivity contribution is 0.101. The Bertz CT molecular complexity index is 502. The molecule has 3 nitrogen and oxygen atoms in total. The molecule has 0 aliphatic heterocycles. The van der Waals surface area contributed by atoms with Crippen LogP contribution in [0.4, 0.5) is 5.69 Å². The van der Waals surface area contributed by atoms with E-state index in [4.69, 9.17) is 5.26 Å². The second-order valence-electron chi connectivity index (χ2n) is 5.09. The highest BCUT2D eigenvalue weighted by Crippen LogP contribution is 2.29. The summed E-state index contributed by atoms with van der Waals surface area (Å²) >= 11 is 0. The van der Waals surface area contributed by atoms with Crippen LogP contribution in [0.25, 0.3) is 0 Å². The molecule has 1 fully saturated rings. The van der Waals surface area contributed by atoms with Crippen LogP contribution in [0.15, 0.2) is 18.2 Å². The van der Waals surface area contributed by atoms with E-state index in [0.29, 0.717) is 23.1 Å². The van der Waals surface area contributed by atoms with Crippen LogP contribution in [0, 0.1) is 17.2 Å². The number of ketones is 1. The molecule has 1 aliphatic rings. The molecule has 0 radical (unpaired) electrons. The number of anilines is 1. The van der Waals surface area contributed by atoms with E-state index in [1.807, 2.05) is 0 Å². The minimum Gasteiger partial charge on any atom is -0.381 e. The Balaban J connectivity index is 2.27. The van der Waals surface area contributed by atoms with Crippen LogP contribution in [0.1, 0.15) is 49.0 Å². The Hall–Kier alpha value is -1.82. The normalized spacial score (nSPS) is 22.5. The molecule has 0 aromatic heterocycles. The zero-order valence-corrected chi connectivity index (χ0v) is 10.9. The minimum absolute atomic E-state index is 0.0296. The maximum absolute atomic E-state index is 11.4. The first-order valence-electron chi connectivity index (χ1n) is 6.43. The quantitative estimate of drug-likeness (QED) is 0.827. The van der Waals surface area contributed by atoms with Crippen molar-refractivity contribution in [3.8, 4) is 6.07 Å². The molecule has 94 valence electrons. The number of benzene rings is 1. The number of carbonyl (C=O) groups excluding carboxylic acids is 1. The van der Waals surface area contributed by atoms with Gasteiger partial charge in [0.1, 0.15) is 6.07 Å². The van der Waals surface area contributed by atoms with Crippen molar-refractivity contribution >= 4 is 11.5 Å². The molecule has 2 unspecified atom stereocenters. The van der Waals surface area contributed by atoms with Crippen molar-refractivity contribution in [1.82, 2.24) is 0 Å². The smallest absolute Gasteiger partial charge is 0.159 e. The third kappa shape index (κ3) is 2.53. The summed E-state index contributed by atoms with van der Waals surface area (Å²) in [4.78, 5) is 11.4. The molecule has 1 aromatic carbocycles. The molecule has 0 spiro atoms. The van der Waals surface area contributed by atoms with Gasteiger partial charge in [0.2, 0.25) is 0 Å². The van der Waals surface area contributed by atoms with Crippen molar-refractivity contribution in [3.05, 3.63) is 29.3 Å². The summed E-state index contributed by atoms with van der Waals surface area (Å²) in [5, 5.41) is 12.5. The van der Waals surface area contributed by atoms with Gasteiger partial charge in [-0.2, -0.15) is 5.26 Å². The summed E-state index contributed by atoms with van der Waals surface area (Å²) in [5.74, 6) is 0.652. The second kappa shape index (κ2) is 5.22. The number of nitrogens with one attached hydrogen (secondary N) is 1. The lowest BCUT2D eigenvalue weighted by Crippen LogP contribution is -2.22. The maximum Gasteiger partial charge on any atom is 0.159 e. The molecule has 1 N–H and O–H groups in total. The van der Waals surface area contributed by atoms with Gasteiger partial charge < -0.3 is 5.32 Å². The Kier molecular flexibility index (Phi) is 3.66. The Morgan fingerprint density at radius 1 is 1.44 bits per heavy atom. The first-order valence-corrected chi connectivity index (χ1v) is 6.43. The third-order valence-corrected chi connectivity index (χ3v) is 3.75. The van der Waals surface area contributed by atoms with E-state index in [2.05, 4.69) is 18.3 Å². The number of nitriles is 1. The average molecular weight is 242 g/mol. The predicted molar refractivity (Wildman–Crippen MR) is 71.6 cm³/mol. The standard InChI is InChI=1S/C15H18N2O/c1-10-4-3-5-14(10)17-15-8-12(11(2)18)6-7-13(15)9-16/h6-8,10,14,17H,3-5H2,1-2H3. The Labute approximate surface area is 108 Å². The lowest BCUT2D eigenvalue weighted by Gasteiger charge is -2.19. The molecule has 0 amide bonds. The summed E-state index contributed by atoms with van der Waals surface area (Å²) in [5.41, 5.74) is 2.06. The summed E-state index contributed by atoms with van der Waals surface area (Å²) in [7, 11) is 0. The number of Topliss-reactive ketones (excluding diaryl/α,β-unsaturated/α-hetero) is 1. The molecule has 0 heterocycles. The first kappa shape index (κ1) is 12.6. The van der Waals surface area contributed by atoms with E-state index in [1.54, 1.807) is 25.1 Å². The highest BCUT2D eigenvalue weighted by molar-refractivity contribution is 5.95. The SMILES string of the molecule is CC(=O)c1ccc(C#N)c(NC2CCCC2C)c1. The molecule has 0 bridgehead atoms. The summed E-state index contributed by atoms with van der Waals surface area (Å²) in [6, 6.07) is 7.82. The van der Waals surface area contributed by atoms with Crippen LogP contribution >= 0.6 is 0 Å². The van der Waals surface area contributed by atoms with Gasteiger partial charge in [-0.1, -0.05) is 13.3 Å². The second-order valence-corrected chi connectivity index (χ2v) is 5.09. The van der Waals surface area contributed by atoms with E-state index in [1.165, 1.54) is 12.8 Å². The fourth-order valence-electron chi connectivity index (χ4n) is 2.54. The molecule has 1 aliphatic carbocycles. The van der Waals surface area contributed by atoms with Gasteiger partial charge in [-0.25, -0.2) is 0 Å². The maximum atomic E-state index is 11.4. The van der Waals surface area contributed by atoms with Gasteiger partial charge in [0, 0.05) is 11.6 Å². The lowest BCUT2D eigenvalue weighted by atomic mass is 10.0. The van der Waals surface area contributed by atoms with Crippen LogP contribution in [0.3, 0.4) is 0 Å². The Morgan fingerprint density at radius 2 is 2.22 bits per heavy atom. The molecule has 1 saturated carbocycles. The highest BCUT2D eigenvalue weighted by atomic mass is 16.1. The Morgan fingerprint density at radius 3 is 2.78 bits per heavy atom. The minimum atomic E-state index is 0.0296. The van der Waals surface area contributed by atoms with Crippen LogP contribution in [0.2, 0.25) is 0 Å². The zero-order chi connectivity index (χ0) is 13.1. The van der Waals surface area contributed by atoms with Crippen molar-refractivity contribution in [2.75, 3.05) is 5.32 Å². The number of nitrogens with zero attached hydrogens (tertiary/aromatic N) is 1. The van der Waals surface area contributed by atoms with Gasteiger partial charge in [-0.05, 0) is 43.9 Å². The molecule has 0 saturated heterocycles. The van der Waals surface area contributed by atoms with Gasteiger partial charge in [-0.15, -0.1) is 0 Å². The summed E-state index contributed by atoms with van der Waals surface area (Å²) in [6.45, 7) is 3.77. The van der Waals surface area contributed by atoms with Crippen LogP contribution in [-0.2, 0) is 0 Å². The van der Waals surface area contributed by atoms with Crippen molar-refractivity contribution in [2.24, 2.45) is 5.92 Å². The highest BCUT2D eigenvalue weighted by Gasteiger charge is 2.23. The van der Waals surface area contributed by atoms with Gasteiger partial charge in [0.25, 0.3) is 0 Å². The van der Waals surface area contributed by atoms with Crippen molar-refractivity contribution < 1.29 is 4.79 Å². The molecule has 18 heavy (non-hydrogen) atoms. The van der Waals surface area contributed by atoms with Crippen molar-refractivity contribution in [3.63, 3.8) is 0 Å². The predicted octanol–water partition coefficient (Wildman–Crippen LogP) is 3.36. The fraction of sp³-hybridized carbons (Fsp3) is 0.467. The fourth-order valence-corrected chi connectivity index (χ4v) is 2.54. The molecule has 2 atom stereocenters. The summed E-state index contributed by atoms with van der Waals surface area (Å²) in [6.07, 6.45) is 3.59. The monoisotopic (exact) mass is 242 g/mol. The van der Waals surface area contributed by atoms with E-state index in [-0.39, 0.29) is 5.78 Å². The van der Waals surface area contributed by atoms with Gasteiger partial charge in [0.05, 0.1) is 11.3 Å². The molecular weight excluding hydrogens is 224 g/mol. The van der Waals surface area contributed by atoms with E-state index >= 15 is 0 Å². The number of hydrogen-bond donors (Lipinski definition) is 1. The van der Waals surface area contributed by atoms with Gasteiger partial charge in [0.15, 0.2) is 5.78 Å². The zero-order valence-electron chi connectivity index (χ0n) is 10.9. The van der Waals surface area contributed by atoms with Crippen LogP contribution in [0.5, 0.6) is 0 Å². The molecular formula is C15H18N2O. The topological polar surface area (TPSA) is 52.9 Å². The number of carbonyl (C=O) groups is 1. The van der Waals surface area contributed by atoms with Crippen molar-refractivity contribution in [2.45, 2.75) is 39.2 Å². The van der Waals surface area contributed by atoms with Gasteiger partial charge >= 0.3 is 0 Å². The molecule has 3 heteroatoms. The number of hydrogen-bond acceptors (Lipinski definition) is 3. The van der Waals surface area contributed by atoms with E-state index in [9.17, 15) is 4.79 Å². The van der Waals surface area contributed by atoms with E-state index < -0.39 is 0 Å².